The van der Waals surface area contributed by atoms with Crippen molar-refractivity contribution in [2.24, 2.45) is 0 Å². The topological polar surface area (TPSA) is 201 Å². The molecule has 0 saturated carbocycles. The Balaban J connectivity index is 0.000000200. The molecule has 2 amide bonds. The van der Waals surface area contributed by atoms with E-state index in [2.05, 4.69) is 76.5 Å². The molecule has 17 nitrogen and oxygen atoms in total. The van der Waals surface area contributed by atoms with Gasteiger partial charge in [0.2, 0.25) is 23.5 Å². The number of alkyl halides is 1. The van der Waals surface area contributed by atoms with E-state index < -0.39 is 24.6 Å². The number of hydrogen-bond acceptors (Lipinski definition) is 15. The Morgan fingerprint density at radius 1 is 0.642 bits per heavy atom. The number of benzene rings is 2. The van der Waals surface area contributed by atoms with Crippen LogP contribution < -0.4 is 43.8 Å². The van der Waals surface area contributed by atoms with Crippen molar-refractivity contribution >= 4 is 23.2 Å². The van der Waals surface area contributed by atoms with Crippen molar-refractivity contribution in [1.29, 1.82) is 0 Å². The lowest BCUT2D eigenvalue weighted by molar-refractivity contribution is 0.0984. The quantitative estimate of drug-likeness (QED) is 0.0921. The fourth-order valence-electron chi connectivity index (χ4n) is 7.91. The third-order valence-electron chi connectivity index (χ3n) is 11.5. The molecular formula is C48H52F2N6O11. The van der Waals surface area contributed by atoms with E-state index in [1.54, 1.807) is 12.1 Å². The van der Waals surface area contributed by atoms with Gasteiger partial charge in [-0.15, -0.1) is 0 Å². The van der Waals surface area contributed by atoms with Crippen LogP contribution >= 0.6 is 0 Å². The van der Waals surface area contributed by atoms with Gasteiger partial charge in [0, 0.05) is 12.1 Å². The van der Waals surface area contributed by atoms with Crippen LogP contribution in [0.4, 0.5) is 20.2 Å². The zero-order valence-corrected chi connectivity index (χ0v) is 38.9. The first-order valence-electron chi connectivity index (χ1n) is 21.3. The zero-order chi connectivity index (χ0) is 48.2. The highest BCUT2D eigenvalue weighted by atomic mass is 19.1. The van der Waals surface area contributed by atoms with Crippen molar-refractivity contribution in [2.45, 2.75) is 78.1 Å². The Hall–Kier alpha value is -7.44. The number of methoxy groups -OCH3 is 4. The Labute approximate surface area is 385 Å². The maximum absolute atomic E-state index is 13.5. The second-order valence-electron chi connectivity index (χ2n) is 17.0. The minimum absolute atomic E-state index is 0.000930. The molecule has 354 valence electrons. The molecular weight excluding hydrogens is 875 g/mol. The van der Waals surface area contributed by atoms with Crippen LogP contribution in [0.2, 0.25) is 0 Å². The van der Waals surface area contributed by atoms with Gasteiger partial charge in [-0.2, -0.15) is 24.3 Å². The number of furan rings is 2. The van der Waals surface area contributed by atoms with E-state index in [1.807, 2.05) is 19.9 Å². The number of halogens is 2. The lowest BCUT2D eigenvalue weighted by atomic mass is 9.86. The number of aromatic nitrogens is 4. The molecule has 19 heteroatoms. The average molecular weight is 927 g/mol. The fourth-order valence-corrected chi connectivity index (χ4v) is 7.91. The maximum atomic E-state index is 13.5. The summed E-state index contributed by atoms with van der Waals surface area (Å²) in [6.45, 7) is 11.9. The van der Waals surface area contributed by atoms with Gasteiger partial charge in [0.05, 0.1) is 28.4 Å². The number of aryl methyl sites for hydroxylation is 4. The Morgan fingerprint density at radius 2 is 1.04 bits per heavy atom. The molecule has 4 aromatic heterocycles. The number of nitrogens with zero attached hydrogens (tertiary/aromatic N) is 4. The van der Waals surface area contributed by atoms with Crippen LogP contribution in [-0.4, -0.2) is 73.5 Å². The zero-order valence-electron chi connectivity index (χ0n) is 38.9. The molecule has 0 saturated heterocycles. The average Bonchev–Trinajstić information content (AvgIpc) is 4.10. The van der Waals surface area contributed by atoms with Gasteiger partial charge in [0.15, 0.2) is 22.9 Å². The molecule has 0 aliphatic heterocycles. The number of hydrogen-bond donors (Lipinski definition) is 2. The molecule has 2 aromatic carbocycles. The summed E-state index contributed by atoms with van der Waals surface area (Å²) in [5, 5.41) is 5.15. The molecule has 2 aliphatic carbocycles. The van der Waals surface area contributed by atoms with Gasteiger partial charge in [0.25, 0.3) is 23.7 Å². The van der Waals surface area contributed by atoms with Gasteiger partial charge in [-0.3, -0.25) is 9.59 Å². The standard InChI is InChI=1S/C25H28FN3O6.C23H24FN3O5/c1-14-12-15-8-9-25(2,3)16(15)13-18(14)35-19-7-6-17(34-19)21(30)27-20-22(31-4)28-24(33-11-10-26)29-23(20)32-5;1-12-10-13-8-9-23(2,3)14(13)11-16(12)32-17-7-6-15(31-17)19(28)25-18-20(29-4)26-22(24)27-21(18)30-5/h6-7,12-13H,8-11H2,1-5H3,(H,27,30);6-7,10-11H,8-9H2,1-5H3,(H,25,28). The Bertz CT molecular complexity index is 2750. The molecule has 0 atom stereocenters. The lowest BCUT2D eigenvalue weighted by Gasteiger charge is -2.20. The van der Waals surface area contributed by atoms with E-state index in [0.29, 0.717) is 11.5 Å². The van der Waals surface area contributed by atoms with E-state index >= 15 is 0 Å². The van der Waals surface area contributed by atoms with Gasteiger partial charge in [-0.25, -0.2) is 4.39 Å². The minimum atomic E-state index is -1.04. The van der Waals surface area contributed by atoms with Crippen LogP contribution in [0, 0.1) is 19.9 Å². The minimum Gasteiger partial charge on any atom is -0.479 e. The highest BCUT2D eigenvalue weighted by Gasteiger charge is 2.32. The Kier molecular flexibility index (Phi) is 13.9. The summed E-state index contributed by atoms with van der Waals surface area (Å²) in [6.07, 6.45) is 3.24. The van der Waals surface area contributed by atoms with Crippen molar-refractivity contribution in [3.8, 4) is 52.9 Å². The first-order chi connectivity index (χ1) is 32.0. The SMILES string of the molecule is COc1nc(F)nc(OC)c1NC(=O)c1ccc(Oc2cc3c(cc2C)CCC3(C)C)o1.COc1nc(OCCF)nc(OC)c1NC(=O)c1ccc(Oc2cc3c(cc2C)CCC3(C)C)o1. The third-order valence-corrected chi connectivity index (χ3v) is 11.5. The van der Waals surface area contributed by atoms with E-state index in [-0.39, 0.29) is 81.8 Å². The summed E-state index contributed by atoms with van der Waals surface area (Å²) < 4.78 is 74.6. The summed E-state index contributed by atoms with van der Waals surface area (Å²) in [4.78, 5) is 40.6. The summed E-state index contributed by atoms with van der Waals surface area (Å²) in [6, 6.07) is 14.4. The molecule has 0 fully saturated rings. The van der Waals surface area contributed by atoms with Gasteiger partial charge in [0.1, 0.15) is 24.8 Å². The van der Waals surface area contributed by atoms with Gasteiger partial charge in [-0.05, 0) is 108 Å². The molecule has 0 unspecified atom stereocenters. The van der Waals surface area contributed by atoms with Crippen molar-refractivity contribution in [3.63, 3.8) is 0 Å². The largest absolute Gasteiger partial charge is 0.479 e. The van der Waals surface area contributed by atoms with Crippen LogP contribution in [0.25, 0.3) is 0 Å². The number of ether oxygens (including phenoxy) is 7. The first-order valence-corrected chi connectivity index (χ1v) is 21.3. The second-order valence-corrected chi connectivity index (χ2v) is 17.0. The molecule has 0 radical (unpaired) electrons. The molecule has 2 aliphatic rings. The predicted molar refractivity (Wildman–Crippen MR) is 240 cm³/mol. The first kappa shape index (κ1) is 47.5. The lowest BCUT2D eigenvalue weighted by Crippen LogP contribution is -2.15. The van der Waals surface area contributed by atoms with E-state index in [4.69, 9.17) is 42.0 Å². The number of carbonyl (C=O) groups is 2. The smallest absolute Gasteiger partial charge is 0.323 e. The molecule has 6 aromatic rings. The van der Waals surface area contributed by atoms with Crippen molar-refractivity contribution < 1.29 is 60.4 Å². The van der Waals surface area contributed by atoms with E-state index in [1.165, 1.54) is 62.8 Å². The fraction of sp³-hybridized carbons (Fsp3) is 0.375. The van der Waals surface area contributed by atoms with E-state index in [0.717, 1.165) is 36.8 Å². The van der Waals surface area contributed by atoms with Gasteiger partial charge in [-0.1, -0.05) is 39.8 Å². The number of nitrogens with one attached hydrogen (secondary N) is 2. The third kappa shape index (κ3) is 10.3. The van der Waals surface area contributed by atoms with Crippen molar-refractivity contribution in [3.05, 3.63) is 99.5 Å². The summed E-state index contributed by atoms with van der Waals surface area (Å²) in [7, 11) is 5.29. The highest BCUT2D eigenvalue weighted by molar-refractivity contribution is 6.04. The molecule has 4 heterocycles. The van der Waals surface area contributed by atoms with Crippen LogP contribution in [0.3, 0.4) is 0 Å². The van der Waals surface area contributed by atoms with Gasteiger partial charge >= 0.3 is 12.1 Å². The monoisotopic (exact) mass is 926 g/mol. The molecule has 0 spiro atoms. The van der Waals surface area contributed by atoms with Crippen molar-refractivity contribution in [1.82, 2.24) is 19.9 Å². The van der Waals surface area contributed by atoms with Crippen LogP contribution in [0.15, 0.2) is 57.4 Å². The second kappa shape index (κ2) is 19.6. The number of carbonyl (C=O) groups excluding carboxylic acids is 2. The number of fused-ring (bicyclic) bond motifs is 2. The number of rotatable bonds is 15. The molecule has 8 rings (SSSR count). The van der Waals surface area contributed by atoms with Crippen LogP contribution in [0.5, 0.6) is 52.9 Å². The van der Waals surface area contributed by atoms with Crippen LogP contribution in [-0.2, 0) is 23.7 Å². The number of anilines is 2. The normalized spacial score (nSPS) is 13.9. The van der Waals surface area contributed by atoms with E-state index in [9.17, 15) is 18.4 Å². The summed E-state index contributed by atoms with van der Waals surface area (Å²) >= 11 is 0. The predicted octanol–water partition coefficient (Wildman–Crippen LogP) is 9.81. The summed E-state index contributed by atoms with van der Waals surface area (Å²) in [5.74, 6) is 0.0795. The molecule has 0 bridgehead atoms. The number of amides is 2. The molecule has 67 heavy (non-hydrogen) atoms. The van der Waals surface area contributed by atoms with Crippen molar-refractivity contribution in [2.75, 3.05) is 52.4 Å². The Morgan fingerprint density at radius 3 is 1.43 bits per heavy atom. The van der Waals surface area contributed by atoms with Gasteiger partial charge < -0.3 is 52.6 Å². The van der Waals surface area contributed by atoms with Crippen LogP contribution in [0.1, 0.15) is 95.0 Å². The highest BCUT2D eigenvalue weighted by Crippen LogP contribution is 2.44. The molecule has 2 N–H and O–H groups in total. The summed E-state index contributed by atoms with van der Waals surface area (Å²) in [5.41, 5.74) is 7.41. The maximum Gasteiger partial charge on any atom is 0.323 e.